The van der Waals surface area contributed by atoms with E-state index in [1.54, 1.807) is 0 Å². The third-order valence-corrected chi connectivity index (χ3v) is 2.70. The van der Waals surface area contributed by atoms with Crippen molar-refractivity contribution in [1.29, 1.82) is 0 Å². The first-order valence-electron chi connectivity index (χ1n) is 6.56. The van der Waals surface area contributed by atoms with Crippen LogP contribution in [0.2, 0.25) is 0 Å². The van der Waals surface area contributed by atoms with E-state index in [9.17, 15) is 24.1 Å². The lowest BCUT2D eigenvalue weighted by molar-refractivity contribution is -0.402. The fourth-order valence-electron chi connectivity index (χ4n) is 1.62. The number of nitrogens with zero attached hydrogens (tertiary/aromatic N) is 2. The minimum atomic E-state index is -0.742. The molecule has 2 aromatic rings. The summed E-state index contributed by atoms with van der Waals surface area (Å²) in [5.41, 5.74) is 1.90. The predicted octanol–water partition coefficient (Wildman–Crippen LogP) is 1.21. The van der Waals surface area contributed by atoms with Gasteiger partial charge < -0.3 is 9.73 Å². The lowest BCUT2D eigenvalue weighted by atomic mass is 10.2. The van der Waals surface area contributed by atoms with Crippen molar-refractivity contribution in [2.75, 3.05) is 6.54 Å². The van der Waals surface area contributed by atoms with Crippen LogP contribution in [0.4, 0.5) is 10.3 Å². The van der Waals surface area contributed by atoms with Crippen molar-refractivity contribution in [3.8, 4) is 0 Å². The average Bonchev–Trinajstić information content (AvgIpc) is 3.02. The summed E-state index contributed by atoms with van der Waals surface area (Å²) in [5.74, 6) is -2.50. The molecule has 9 nitrogen and oxygen atoms in total. The minimum absolute atomic E-state index is 0.0670. The van der Waals surface area contributed by atoms with Crippen molar-refractivity contribution in [2.45, 2.75) is 0 Å². The first-order valence-corrected chi connectivity index (χ1v) is 6.56. The van der Waals surface area contributed by atoms with Gasteiger partial charge in [-0.3, -0.25) is 19.7 Å². The van der Waals surface area contributed by atoms with Gasteiger partial charge in [0.1, 0.15) is 10.7 Å². The maximum atomic E-state index is 13.4. The molecule has 0 aliphatic carbocycles. The van der Waals surface area contributed by atoms with Gasteiger partial charge in [-0.2, -0.15) is 5.10 Å². The Morgan fingerprint density at radius 3 is 2.71 bits per heavy atom. The van der Waals surface area contributed by atoms with Crippen LogP contribution >= 0.6 is 0 Å². The van der Waals surface area contributed by atoms with Crippen LogP contribution in [0.15, 0.2) is 45.9 Å². The van der Waals surface area contributed by atoms with Crippen molar-refractivity contribution >= 4 is 23.9 Å². The molecule has 0 atom stereocenters. The second-order valence-electron chi connectivity index (χ2n) is 4.39. The quantitative estimate of drug-likeness (QED) is 0.466. The molecule has 0 unspecified atom stereocenters. The van der Waals surface area contributed by atoms with Crippen LogP contribution < -0.4 is 10.7 Å². The van der Waals surface area contributed by atoms with Crippen LogP contribution in [0.1, 0.15) is 16.1 Å². The third-order valence-electron chi connectivity index (χ3n) is 2.70. The molecule has 124 valence electrons. The number of carbonyl (C=O) groups excluding carboxylic acids is 2. The zero-order valence-corrected chi connectivity index (χ0v) is 12.1. The Balaban J connectivity index is 1.81. The van der Waals surface area contributed by atoms with E-state index in [4.69, 9.17) is 4.42 Å². The molecule has 2 rings (SSSR count). The number of carbonyl (C=O) groups is 2. The van der Waals surface area contributed by atoms with E-state index in [0.29, 0.717) is 0 Å². The topological polar surface area (TPSA) is 127 Å². The minimum Gasteiger partial charge on any atom is -0.400 e. The molecule has 24 heavy (non-hydrogen) atoms. The van der Waals surface area contributed by atoms with Crippen LogP contribution in [0.5, 0.6) is 0 Å². The van der Waals surface area contributed by atoms with Crippen LogP contribution in [0.3, 0.4) is 0 Å². The van der Waals surface area contributed by atoms with E-state index in [0.717, 1.165) is 18.3 Å². The maximum absolute atomic E-state index is 13.4. The van der Waals surface area contributed by atoms with Crippen LogP contribution in [-0.4, -0.2) is 29.5 Å². The van der Waals surface area contributed by atoms with E-state index in [2.05, 4.69) is 15.8 Å². The molecule has 0 bridgehead atoms. The third kappa shape index (κ3) is 4.47. The number of benzene rings is 1. The largest absolute Gasteiger partial charge is 0.433 e. The van der Waals surface area contributed by atoms with Gasteiger partial charge in [0.15, 0.2) is 5.76 Å². The van der Waals surface area contributed by atoms with Crippen LogP contribution in [0, 0.1) is 15.9 Å². The maximum Gasteiger partial charge on any atom is 0.433 e. The highest BCUT2D eigenvalue weighted by Gasteiger charge is 2.12. The fraction of sp³-hybridized carbons (Fsp3) is 0.0714. The number of rotatable bonds is 6. The molecule has 0 fully saturated rings. The molecule has 0 aliphatic heterocycles. The summed E-state index contributed by atoms with van der Waals surface area (Å²) in [6.45, 7) is -0.428. The van der Waals surface area contributed by atoms with Gasteiger partial charge in [-0.1, -0.05) is 12.1 Å². The second-order valence-corrected chi connectivity index (χ2v) is 4.39. The molecular weight excluding hydrogens is 323 g/mol. The molecule has 2 amide bonds. The van der Waals surface area contributed by atoms with Gasteiger partial charge in [0.25, 0.3) is 11.8 Å². The Morgan fingerprint density at radius 1 is 1.29 bits per heavy atom. The van der Waals surface area contributed by atoms with Crippen LogP contribution in [0.25, 0.3) is 0 Å². The number of furan rings is 1. The summed E-state index contributed by atoms with van der Waals surface area (Å²) in [6, 6.07) is 7.77. The molecule has 0 saturated heterocycles. The summed E-state index contributed by atoms with van der Waals surface area (Å²) in [4.78, 5) is 32.9. The summed E-state index contributed by atoms with van der Waals surface area (Å²) < 4.78 is 18.2. The highest BCUT2D eigenvalue weighted by atomic mass is 19.1. The van der Waals surface area contributed by atoms with E-state index in [1.807, 2.05) is 0 Å². The fourth-order valence-corrected chi connectivity index (χ4v) is 1.62. The molecular formula is C14H11FN4O5. The highest BCUT2D eigenvalue weighted by Crippen LogP contribution is 2.13. The van der Waals surface area contributed by atoms with E-state index in [1.165, 1.54) is 24.3 Å². The van der Waals surface area contributed by atoms with E-state index < -0.39 is 35.0 Å². The summed E-state index contributed by atoms with van der Waals surface area (Å²) in [5, 5.41) is 16.2. The monoisotopic (exact) mass is 334 g/mol. The Labute approximate surface area is 134 Å². The van der Waals surface area contributed by atoms with Gasteiger partial charge in [0.05, 0.1) is 24.4 Å². The average molecular weight is 334 g/mol. The van der Waals surface area contributed by atoms with Gasteiger partial charge in [0, 0.05) is 0 Å². The van der Waals surface area contributed by atoms with Gasteiger partial charge in [-0.15, -0.1) is 0 Å². The number of amides is 2. The number of nitrogens with one attached hydrogen (secondary N) is 2. The molecule has 0 spiro atoms. The molecule has 10 heteroatoms. The standard InChI is InChI=1S/C14H11FN4O5/c15-11-4-2-1-3-10(11)14(21)16-8-12(20)18-17-7-9-5-6-13(24-9)19(22)23/h1-7H,8H2,(H,16,21)(H,18,20). The predicted molar refractivity (Wildman–Crippen MR) is 79.8 cm³/mol. The van der Waals surface area contributed by atoms with Crippen molar-refractivity contribution in [1.82, 2.24) is 10.7 Å². The SMILES string of the molecule is O=C(CNC(=O)c1ccccc1F)NN=Cc1ccc([N+](=O)[O-])o1. The Kier molecular flexibility index (Phi) is 5.34. The summed E-state index contributed by atoms with van der Waals surface area (Å²) in [7, 11) is 0. The van der Waals surface area contributed by atoms with Crippen molar-refractivity contribution in [3.63, 3.8) is 0 Å². The molecule has 0 radical (unpaired) electrons. The lowest BCUT2D eigenvalue weighted by Gasteiger charge is -2.04. The number of nitro groups is 1. The normalized spacial score (nSPS) is 10.5. The van der Waals surface area contributed by atoms with E-state index in [-0.39, 0.29) is 11.3 Å². The van der Waals surface area contributed by atoms with Gasteiger partial charge in [0.2, 0.25) is 0 Å². The smallest absolute Gasteiger partial charge is 0.400 e. The van der Waals surface area contributed by atoms with Crippen LogP contribution in [-0.2, 0) is 4.79 Å². The van der Waals surface area contributed by atoms with Gasteiger partial charge in [-0.05, 0) is 18.2 Å². The highest BCUT2D eigenvalue weighted by molar-refractivity contribution is 5.96. The first-order chi connectivity index (χ1) is 11.5. The lowest BCUT2D eigenvalue weighted by Crippen LogP contribution is -2.35. The van der Waals surface area contributed by atoms with Crippen molar-refractivity contribution < 1.29 is 23.3 Å². The summed E-state index contributed by atoms with van der Waals surface area (Å²) >= 11 is 0. The zero-order chi connectivity index (χ0) is 17.5. The second kappa shape index (κ2) is 7.63. The van der Waals surface area contributed by atoms with Gasteiger partial charge >= 0.3 is 5.88 Å². The van der Waals surface area contributed by atoms with Crippen molar-refractivity contribution in [3.05, 3.63) is 63.7 Å². The number of hydrazone groups is 1. The molecule has 1 heterocycles. The number of halogens is 1. The number of hydrogen-bond acceptors (Lipinski definition) is 6. The molecule has 2 N–H and O–H groups in total. The Morgan fingerprint density at radius 2 is 2.04 bits per heavy atom. The Bertz CT molecular complexity index is 802. The molecule has 0 saturated carbocycles. The van der Waals surface area contributed by atoms with Gasteiger partial charge in [-0.25, -0.2) is 9.82 Å². The summed E-state index contributed by atoms with van der Waals surface area (Å²) in [6.07, 6.45) is 1.06. The molecule has 0 aliphatic rings. The number of hydrogen-bond donors (Lipinski definition) is 2. The Hall–Kier alpha value is -3.56. The molecule has 1 aromatic carbocycles. The van der Waals surface area contributed by atoms with E-state index >= 15 is 0 Å². The molecule has 1 aromatic heterocycles. The van der Waals surface area contributed by atoms with Crippen molar-refractivity contribution in [2.24, 2.45) is 5.10 Å². The zero-order valence-electron chi connectivity index (χ0n) is 12.1. The first kappa shape index (κ1) is 16.8.